The Hall–Kier alpha value is -3.55. The molecule has 2 heterocycles. The lowest BCUT2D eigenvalue weighted by Gasteiger charge is -2.41. The van der Waals surface area contributed by atoms with Crippen LogP contribution in [0.4, 0.5) is 16.2 Å². The molecule has 4 rings (SSSR count). The summed E-state index contributed by atoms with van der Waals surface area (Å²) in [5.41, 5.74) is 8.92. The van der Waals surface area contributed by atoms with Gasteiger partial charge in [-0.15, -0.1) is 0 Å². The zero-order chi connectivity index (χ0) is 24.2. The number of anilines is 2. The lowest BCUT2D eigenvalue weighted by molar-refractivity contribution is -0.120. The summed E-state index contributed by atoms with van der Waals surface area (Å²) in [6.07, 6.45) is 1.87. The molecule has 0 spiro atoms. The van der Waals surface area contributed by atoms with Crippen LogP contribution in [0.5, 0.6) is 0 Å². The number of piperidine rings is 1. The van der Waals surface area contributed by atoms with Gasteiger partial charge >= 0.3 is 6.09 Å². The molecular formula is C26H32N4O4. The molecule has 2 aromatic rings. The Balaban J connectivity index is 1.37. The molecule has 0 radical (unpaired) electrons. The van der Waals surface area contributed by atoms with Gasteiger partial charge in [0.05, 0.1) is 5.69 Å². The number of benzene rings is 2. The Morgan fingerprint density at radius 2 is 1.76 bits per heavy atom. The summed E-state index contributed by atoms with van der Waals surface area (Å²) in [5.74, 6) is -0.595. The number of nitrogens with two attached hydrogens (primary N) is 1. The molecule has 1 fully saturated rings. The molecule has 8 heteroatoms. The smallest absolute Gasteiger partial charge is 0.414 e. The van der Waals surface area contributed by atoms with Gasteiger partial charge in [-0.25, -0.2) is 4.79 Å². The van der Waals surface area contributed by atoms with Crippen molar-refractivity contribution >= 4 is 29.3 Å². The van der Waals surface area contributed by atoms with Crippen LogP contribution < -0.4 is 20.9 Å². The fourth-order valence-corrected chi connectivity index (χ4v) is 4.69. The van der Waals surface area contributed by atoms with Crippen LogP contribution in [0.25, 0.3) is 0 Å². The summed E-state index contributed by atoms with van der Waals surface area (Å²) >= 11 is 0. The SMILES string of the molecule is CC(C)C[C@H](NC(=O)c1ccc(N2CCC(N3C(=O)OCc4ccccc43)CC2)cc1)C(N)=O. The lowest BCUT2D eigenvalue weighted by atomic mass is 10.00. The van der Waals surface area contributed by atoms with Crippen LogP contribution in [0.15, 0.2) is 48.5 Å². The van der Waals surface area contributed by atoms with E-state index < -0.39 is 11.9 Å². The highest BCUT2D eigenvalue weighted by Gasteiger charge is 2.34. The number of nitrogens with zero attached hydrogens (tertiary/aromatic N) is 2. The van der Waals surface area contributed by atoms with Crippen LogP contribution in [0.2, 0.25) is 0 Å². The Labute approximate surface area is 200 Å². The van der Waals surface area contributed by atoms with Gasteiger partial charge in [-0.05, 0) is 55.5 Å². The van der Waals surface area contributed by atoms with Crippen LogP contribution in [0.1, 0.15) is 49.0 Å². The maximum absolute atomic E-state index is 12.6. The van der Waals surface area contributed by atoms with Crippen molar-refractivity contribution in [2.24, 2.45) is 11.7 Å². The first-order valence-electron chi connectivity index (χ1n) is 11.8. The molecule has 34 heavy (non-hydrogen) atoms. The number of primary amides is 1. The molecule has 3 amide bonds. The van der Waals surface area contributed by atoms with Gasteiger partial charge in [-0.3, -0.25) is 14.5 Å². The minimum Gasteiger partial charge on any atom is -0.444 e. The van der Waals surface area contributed by atoms with Gasteiger partial charge in [-0.2, -0.15) is 0 Å². The summed E-state index contributed by atoms with van der Waals surface area (Å²) in [5, 5.41) is 2.74. The van der Waals surface area contributed by atoms with E-state index in [0.29, 0.717) is 18.6 Å². The Morgan fingerprint density at radius 3 is 2.41 bits per heavy atom. The van der Waals surface area contributed by atoms with Crippen molar-refractivity contribution in [3.63, 3.8) is 0 Å². The monoisotopic (exact) mass is 464 g/mol. The largest absolute Gasteiger partial charge is 0.444 e. The highest BCUT2D eigenvalue weighted by molar-refractivity contribution is 5.97. The van der Waals surface area contributed by atoms with Gasteiger partial charge in [0.15, 0.2) is 0 Å². The third-order valence-electron chi connectivity index (χ3n) is 6.48. The Morgan fingerprint density at radius 1 is 1.09 bits per heavy atom. The van der Waals surface area contributed by atoms with Crippen molar-refractivity contribution in [3.05, 3.63) is 59.7 Å². The zero-order valence-electron chi connectivity index (χ0n) is 19.7. The van der Waals surface area contributed by atoms with Crippen LogP contribution in [0, 0.1) is 5.92 Å². The minimum atomic E-state index is -0.683. The van der Waals surface area contributed by atoms with Crippen LogP contribution in [0.3, 0.4) is 0 Å². The number of hydrogen-bond acceptors (Lipinski definition) is 5. The summed E-state index contributed by atoms with van der Waals surface area (Å²) in [7, 11) is 0. The van der Waals surface area contributed by atoms with Crippen LogP contribution in [-0.4, -0.2) is 43.1 Å². The number of cyclic esters (lactones) is 1. The molecule has 3 N–H and O–H groups in total. The summed E-state index contributed by atoms with van der Waals surface area (Å²) < 4.78 is 5.39. The molecule has 2 aliphatic rings. The molecule has 0 unspecified atom stereocenters. The second kappa shape index (κ2) is 10.2. The Bertz CT molecular complexity index is 1050. The molecule has 0 aromatic heterocycles. The number of nitrogens with one attached hydrogen (secondary N) is 1. The summed E-state index contributed by atoms with van der Waals surface area (Å²) in [6.45, 7) is 5.86. The normalized spacial score (nSPS) is 17.2. The minimum absolute atomic E-state index is 0.0851. The van der Waals surface area contributed by atoms with Crippen molar-refractivity contribution in [3.8, 4) is 0 Å². The van der Waals surface area contributed by atoms with E-state index in [-0.39, 0.29) is 24.0 Å². The molecule has 1 atom stereocenters. The molecular weight excluding hydrogens is 432 g/mol. The zero-order valence-corrected chi connectivity index (χ0v) is 19.7. The van der Waals surface area contributed by atoms with E-state index in [0.717, 1.165) is 42.9 Å². The highest BCUT2D eigenvalue weighted by atomic mass is 16.6. The van der Waals surface area contributed by atoms with Gasteiger partial charge in [0.1, 0.15) is 12.6 Å². The van der Waals surface area contributed by atoms with Gasteiger partial charge in [0.25, 0.3) is 5.91 Å². The van der Waals surface area contributed by atoms with Crippen molar-refractivity contribution in [2.75, 3.05) is 22.9 Å². The van der Waals surface area contributed by atoms with Crippen molar-refractivity contribution in [1.82, 2.24) is 5.32 Å². The van der Waals surface area contributed by atoms with Gasteiger partial charge < -0.3 is 20.7 Å². The number of carbonyl (C=O) groups is 3. The van der Waals surface area contributed by atoms with E-state index in [9.17, 15) is 14.4 Å². The standard InChI is InChI=1S/C26H32N4O4/c1-17(2)15-22(24(27)31)28-25(32)18-7-9-20(10-8-18)29-13-11-21(12-14-29)30-23-6-4-3-5-19(23)16-34-26(30)33/h3-10,17,21-22H,11-16H2,1-2H3,(H2,27,31)(H,28,32)/t22-/m0/s1. The van der Waals surface area contributed by atoms with Gasteiger partial charge in [0.2, 0.25) is 5.91 Å². The average molecular weight is 465 g/mol. The predicted molar refractivity (Wildman–Crippen MR) is 131 cm³/mol. The van der Waals surface area contributed by atoms with E-state index in [4.69, 9.17) is 10.5 Å². The van der Waals surface area contributed by atoms with E-state index in [2.05, 4.69) is 10.2 Å². The van der Waals surface area contributed by atoms with Crippen molar-refractivity contribution in [1.29, 1.82) is 0 Å². The number of ether oxygens (including phenoxy) is 1. The molecule has 8 nitrogen and oxygen atoms in total. The molecule has 1 saturated heterocycles. The van der Waals surface area contributed by atoms with Crippen molar-refractivity contribution in [2.45, 2.75) is 51.8 Å². The first kappa shape index (κ1) is 23.6. The van der Waals surface area contributed by atoms with E-state index in [1.165, 1.54) is 0 Å². The molecule has 180 valence electrons. The molecule has 2 aromatic carbocycles. The summed E-state index contributed by atoms with van der Waals surface area (Å²) in [6, 6.07) is 14.7. The average Bonchev–Trinajstić information content (AvgIpc) is 2.83. The molecule has 0 aliphatic carbocycles. The number of para-hydroxylation sites is 1. The first-order valence-corrected chi connectivity index (χ1v) is 11.8. The number of rotatable bonds is 7. The van der Waals surface area contributed by atoms with E-state index in [1.807, 2.05) is 50.2 Å². The third kappa shape index (κ3) is 5.16. The van der Waals surface area contributed by atoms with Crippen molar-refractivity contribution < 1.29 is 19.1 Å². The fraction of sp³-hybridized carbons (Fsp3) is 0.423. The lowest BCUT2D eigenvalue weighted by Crippen LogP contribution is -2.49. The van der Waals surface area contributed by atoms with Gasteiger partial charge in [0, 0.05) is 35.9 Å². The fourth-order valence-electron chi connectivity index (χ4n) is 4.69. The third-order valence-corrected chi connectivity index (χ3v) is 6.48. The number of carbonyl (C=O) groups excluding carboxylic acids is 3. The molecule has 0 bridgehead atoms. The number of fused-ring (bicyclic) bond motifs is 1. The Kier molecular flexibility index (Phi) is 7.05. The quantitative estimate of drug-likeness (QED) is 0.653. The molecule has 0 saturated carbocycles. The molecule has 2 aliphatic heterocycles. The number of amides is 3. The second-order valence-corrected chi connectivity index (χ2v) is 9.38. The number of hydrogen-bond donors (Lipinski definition) is 2. The maximum atomic E-state index is 12.6. The van der Waals surface area contributed by atoms with E-state index >= 15 is 0 Å². The van der Waals surface area contributed by atoms with E-state index in [1.54, 1.807) is 17.0 Å². The maximum Gasteiger partial charge on any atom is 0.414 e. The highest BCUT2D eigenvalue weighted by Crippen LogP contribution is 2.32. The topological polar surface area (TPSA) is 105 Å². The summed E-state index contributed by atoms with van der Waals surface area (Å²) in [4.78, 5) is 40.8. The van der Waals surface area contributed by atoms with Gasteiger partial charge in [-0.1, -0.05) is 32.0 Å². The second-order valence-electron chi connectivity index (χ2n) is 9.38. The van der Waals surface area contributed by atoms with Crippen LogP contribution in [-0.2, 0) is 16.1 Å². The predicted octanol–water partition coefficient (Wildman–Crippen LogP) is 3.44. The first-order chi connectivity index (χ1) is 16.3. The van der Waals surface area contributed by atoms with Crippen LogP contribution >= 0.6 is 0 Å².